The SMILES string of the molecule is COc1cc2[nH]c(=O)n(CCCN3CCN(c4ccccc4OC)CC3)c(=O)c2cc1OC. The van der Waals surface area contributed by atoms with E-state index in [1.54, 1.807) is 19.2 Å². The summed E-state index contributed by atoms with van der Waals surface area (Å²) in [6.45, 7) is 4.80. The standard InChI is InChI=1S/C24H30N4O5/c1-31-20-8-5-4-7-19(20)27-13-11-26(12-14-27)9-6-10-28-23(29)17-15-21(32-2)22(33-3)16-18(17)25-24(28)30/h4-5,7-8,15-16H,6,9-14H2,1-3H3,(H,25,30). The predicted octanol–water partition coefficient (Wildman–Crippen LogP) is 1.93. The Hall–Kier alpha value is -3.46. The van der Waals surface area contributed by atoms with E-state index in [-0.39, 0.29) is 5.56 Å². The minimum atomic E-state index is -0.416. The van der Waals surface area contributed by atoms with Crippen LogP contribution in [0.5, 0.6) is 17.2 Å². The third-order valence-corrected chi connectivity index (χ3v) is 6.14. The number of nitrogens with zero attached hydrogens (tertiary/aromatic N) is 3. The monoisotopic (exact) mass is 454 g/mol. The molecule has 33 heavy (non-hydrogen) atoms. The molecular weight excluding hydrogens is 424 g/mol. The molecule has 2 aromatic carbocycles. The van der Waals surface area contributed by atoms with Crippen molar-refractivity contribution >= 4 is 16.6 Å². The largest absolute Gasteiger partial charge is 0.495 e. The summed E-state index contributed by atoms with van der Waals surface area (Å²) in [6.07, 6.45) is 0.705. The molecule has 1 aliphatic heterocycles. The van der Waals surface area contributed by atoms with Crippen molar-refractivity contribution in [2.45, 2.75) is 13.0 Å². The van der Waals surface area contributed by atoms with Gasteiger partial charge in [-0.15, -0.1) is 0 Å². The Morgan fingerprint density at radius 2 is 1.52 bits per heavy atom. The molecule has 9 heteroatoms. The fourth-order valence-electron chi connectivity index (χ4n) is 4.34. The van der Waals surface area contributed by atoms with Crippen LogP contribution in [0, 0.1) is 0 Å². The van der Waals surface area contributed by atoms with Crippen molar-refractivity contribution < 1.29 is 14.2 Å². The number of para-hydroxylation sites is 2. The molecule has 0 unspecified atom stereocenters. The van der Waals surface area contributed by atoms with Crippen molar-refractivity contribution in [2.75, 3.05) is 59.0 Å². The number of piperazine rings is 1. The maximum absolute atomic E-state index is 13.0. The second-order valence-electron chi connectivity index (χ2n) is 7.99. The Labute approximate surface area is 192 Å². The fourth-order valence-corrected chi connectivity index (χ4v) is 4.34. The normalized spacial score (nSPS) is 14.5. The first-order chi connectivity index (χ1) is 16.0. The maximum atomic E-state index is 13.0. The molecule has 0 atom stereocenters. The lowest BCUT2D eigenvalue weighted by atomic mass is 10.2. The van der Waals surface area contributed by atoms with Crippen molar-refractivity contribution in [1.29, 1.82) is 0 Å². The molecule has 1 N–H and O–H groups in total. The molecule has 176 valence electrons. The van der Waals surface area contributed by atoms with E-state index in [9.17, 15) is 9.59 Å². The summed E-state index contributed by atoms with van der Waals surface area (Å²) in [5, 5.41) is 0.401. The van der Waals surface area contributed by atoms with Gasteiger partial charge in [0.1, 0.15) is 5.75 Å². The molecule has 0 radical (unpaired) electrons. The summed E-state index contributed by atoms with van der Waals surface area (Å²) in [5.41, 5.74) is 0.809. The van der Waals surface area contributed by atoms with Crippen LogP contribution in [0.1, 0.15) is 6.42 Å². The van der Waals surface area contributed by atoms with Gasteiger partial charge >= 0.3 is 5.69 Å². The topological polar surface area (TPSA) is 89.0 Å². The second-order valence-corrected chi connectivity index (χ2v) is 7.99. The van der Waals surface area contributed by atoms with Gasteiger partial charge in [0.05, 0.1) is 37.9 Å². The van der Waals surface area contributed by atoms with Crippen LogP contribution in [0.2, 0.25) is 0 Å². The number of methoxy groups -OCH3 is 3. The predicted molar refractivity (Wildman–Crippen MR) is 128 cm³/mol. The third-order valence-electron chi connectivity index (χ3n) is 6.14. The number of hydrogen-bond acceptors (Lipinski definition) is 7. The fraction of sp³-hybridized carbons (Fsp3) is 0.417. The number of aromatic amines is 1. The minimum Gasteiger partial charge on any atom is -0.495 e. The average molecular weight is 455 g/mol. The van der Waals surface area contributed by atoms with Crippen LogP contribution in [0.25, 0.3) is 10.9 Å². The van der Waals surface area contributed by atoms with E-state index < -0.39 is 5.69 Å². The molecule has 0 bridgehead atoms. The van der Waals surface area contributed by atoms with Gasteiger partial charge in [0.15, 0.2) is 11.5 Å². The quantitative estimate of drug-likeness (QED) is 0.556. The Bertz CT molecular complexity index is 1230. The molecule has 2 heterocycles. The summed E-state index contributed by atoms with van der Waals surface area (Å²) >= 11 is 0. The zero-order chi connectivity index (χ0) is 23.4. The molecule has 0 aliphatic carbocycles. The van der Waals surface area contributed by atoms with E-state index in [1.807, 2.05) is 18.2 Å². The number of rotatable bonds is 8. The van der Waals surface area contributed by atoms with Crippen LogP contribution in [-0.4, -0.2) is 68.5 Å². The zero-order valence-electron chi connectivity index (χ0n) is 19.3. The van der Waals surface area contributed by atoms with Gasteiger partial charge in [-0.3, -0.25) is 14.3 Å². The first-order valence-corrected chi connectivity index (χ1v) is 11.0. The first kappa shape index (κ1) is 22.7. The molecule has 0 saturated carbocycles. The van der Waals surface area contributed by atoms with Crippen molar-refractivity contribution in [3.63, 3.8) is 0 Å². The number of hydrogen-bond donors (Lipinski definition) is 1. The van der Waals surface area contributed by atoms with Crippen molar-refractivity contribution in [3.05, 3.63) is 57.2 Å². The van der Waals surface area contributed by atoms with Gasteiger partial charge in [-0.05, 0) is 31.2 Å². The molecule has 1 fully saturated rings. The number of H-pyrrole nitrogens is 1. The lowest BCUT2D eigenvalue weighted by Crippen LogP contribution is -2.47. The zero-order valence-corrected chi connectivity index (χ0v) is 19.3. The highest BCUT2D eigenvalue weighted by Crippen LogP contribution is 2.30. The smallest absolute Gasteiger partial charge is 0.328 e. The molecule has 1 saturated heterocycles. The van der Waals surface area contributed by atoms with Gasteiger partial charge in [0.2, 0.25) is 0 Å². The van der Waals surface area contributed by atoms with Crippen molar-refractivity contribution in [2.24, 2.45) is 0 Å². The van der Waals surface area contributed by atoms with E-state index in [2.05, 4.69) is 20.9 Å². The minimum absolute atomic E-state index is 0.323. The van der Waals surface area contributed by atoms with Gasteiger partial charge in [0, 0.05) is 38.8 Å². The lowest BCUT2D eigenvalue weighted by molar-refractivity contribution is 0.249. The van der Waals surface area contributed by atoms with Crippen molar-refractivity contribution in [1.82, 2.24) is 14.5 Å². The molecule has 9 nitrogen and oxygen atoms in total. The summed E-state index contributed by atoms with van der Waals surface area (Å²) < 4.78 is 17.3. The second kappa shape index (κ2) is 9.99. The molecule has 1 aromatic heterocycles. The lowest BCUT2D eigenvalue weighted by Gasteiger charge is -2.36. The number of benzene rings is 2. The van der Waals surface area contributed by atoms with E-state index in [1.165, 1.54) is 18.8 Å². The van der Waals surface area contributed by atoms with Crippen LogP contribution in [0.4, 0.5) is 5.69 Å². The van der Waals surface area contributed by atoms with Gasteiger partial charge in [0.25, 0.3) is 5.56 Å². The summed E-state index contributed by atoms with van der Waals surface area (Å²) in [7, 11) is 4.72. The highest BCUT2D eigenvalue weighted by atomic mass is 16.5. The van der Waals surface area contributed by atoms with Gasteiger partial charge in [-0.25, -0.2) is 4.79 Å². The van der Waals surface area contributed by atoms with Gasteiger partial charge in [-0.1, -0.05) is 12.1 Å². The summed E-state index contributed by atoms with van der Waals surface area (Å²) in [6, 6.07) is 11.3. The molecular formula is C24H30N4O5. The number of ether oxygens (including phenoxy) is 3. The van der Waals surface area contributed by atoms with Crippen LogP contribution in [0.3, 0.4) is 0 Å². The molecule has 1 aliphatic rings. The Morgan fingerprint density at radius 3 is 2.21 bits per heavy atom. The maximum Gasteiger partial charge on any atom is 0.328 e. The Morgan fingerprint density at radius 1 is 0.848 bits per heavy atom. The van der Waals surface area contributed by atoms with Crippen LogP contribution in [0.15, 0.2) is 46.0 Å². The van der Waals surface area contributed by atoms with E-state index in [0.29, 0.717) is 35.4 Å². The third kappa shape index (κ3) is 4.68. The van der Waals surface area contributed by atoms with E-state index in [0.717, 1.165) is 44.2 Å². The summed E-state index contributed by atoms with van der Waals surface area (Å²) in [5.74, 6) is 1.80. The van der Waals surface area contributed by atoms with Gasteiger partial charge < -0.3 is 24.1 Å². The first-order valence-electron chi connectivity index (χ1n) is 11.0. The van der Waals surface area contributed by atoms with Crippen LogP contribution < -0.4 is 30.4 Å². The number of aromatic nitrogens is 2. The van der Waals surface area contributed by atoms with Gasteiger partial charge in [-0.2, -0.15) is 0 Å². The number of anilines is 1. The van der Waals surface area contributed by atoms with Crippen LogP contribution >= 0.6 is 0 Å². The van der Waals surface area contributed by atoms with E-state index >= 15 is 0 Å². The Balaban J connectivity index is 1.39. The Kier molecular flexibility index (Phi) is 6.88. The number of fused-ring (bicyclic) bond motifs is 1. The molecule has 0 amide bonds. The van der Waals surface area contributed by atoms with E-state index in [4.69, 9.17) is 14.2 Å². The molecule has 0 spiro atoms. The number of nitrogens with one attached hydrogen (secondary N) is 1. The average Bonchev–Trinajstić information content (AvgIpc) is 2.85. The molecule has 4 rings (SSSR count). The highest BCUT2D eigenvalue weighted by Gasteiger charge is 2.19. The van der Waals surface area contributed by atoms with Crippen LogP contribution in [-0.2, 0) is 6.54 Å². The molecule has 3 aromatic rings. The van der Waals surface area contributed by atoms with Crippen molar-refractivity contribution in [3.8, 4) is 17.2 Å². The highest BCUT2D eigenvalue weighted by molar-refractivity contribution is 5.81. The summed E-state index contributed by atoms with van der Waals surface area (Å²) in [4.78, 5) is 33.0.